The molecule has 2 aliphatic rings. The number of ether oxygens (including phenoxy) is 2. The first-order chi connectivity index (χ1) is 16.9. The minimum Gasteiger partial charge on any atom is -0.405 e. The van der Waals surface area contributed by atoms with E-state index in [1.54, 1.807) is 24.4 Å². The van der Waals surface area contributed by atoms with Gasteiger partial charge in [0.1, 0.15) is 29.0 Å². The molecule has 182 valence electrons. The van der Waals surface area contributed by atoms with E-state index in [0.29, 0.717) is 22.7 Å². The van der Waals surface area contributed by atoms with Crippen LogP contribution in [0.2, 0.25) is 0 Å². The van der Waals surface area contributed by atoms with E-state index in [1.807, 2.05) is 12.1 Å². The van der Waals surface area contributed by atoms with Crippen LogP contribution in [0.5, 0.6) is 5.75 Å². The molecule has 35 heavy (non-hydrogen) atoms. The molecule has 10 heteroatoms. The third-order valence-electron chi connectivity index (χ3n) is 6.27. The number of hydrogen-bond acceptors (Lipinski definition) is 7. The van der Waals surface area contributed by atoms with Crippen molar-refractivity contribution in [3.63, 3.8) is 0 Å². The molecule has 0 N–H and O–H groups in total. The average molecular weight is 484 g/mol. The number of aromatic nitrogens is 2. The van der Waals surface area contributed by atoms with Gasteiger partial charge in [-0.15, -0.1) is 13.2 Å². The highest BCUT2D eigenvalue weighted by molar-refractivity contribution is 5.70. The maximum atomic E-state index is 13.0. The molecule has 2 fully saturated rings. The Bertz CT molecular complexity index is 1210. The molecule has 0 spiro atoms. The normalized spacial score (nSPS) is 16.8. The Morgan fingerprint density at radius 2 is 1.86 bits per heavy atom. The van der Waals surface area contributed by atoms with Crippen molar-refractivity contribution in [3.05, 3.63) is 59.6 Å². The lowest BCUT2D eigenvalue weighted by molar-refractivity contribution is -0.274. The number of rotatable bonds is 7. The van der Waals surface area contributed by atoms with Gasteiger partial charge in [0.15, 0.2) is 0 Å². The summed E-state index contributed by atoms with van der Waals surface area (Å²) in [4.78, 5) is 6.32. The highest BCUT2D eigenvalue weighted by atomic mass is 19.4. The third-order valence-corrected chi connectivity index (χ3v) is 6.27. The number of alkyl halides is 3. The van der Waals surface area contributed by atoms with Crippen molar-refractivity contribution >= 4 is 5.69 Å². The zero-order valence-electron chi connectivity index (χ0n) is 18.8. The van der Waals surface area contributed by atoms with Crippen LogP contribution in [0.15, 0.2) is 47.1 Å². The summed E-state index contributed by atoms with van der Waals surface area (Å²) in [5, 5.41) is 13.0. The van der Waals surface area contributed by atoms with Crippen molar-refractivity contribution in [1.29, 1.82) is 5.26 Å². The van der Waals surface area contributed by atoms with E-state index < -0.39 is 6.36 Å². The van der Waals surface area contributed by atoms with Gasteiger partial charge in [-0.05, 0) is 49.9 Å². The number of anilines is 1. The van der Waals surface area contributed by atoms with Crippen molar-refractivity contribution < 1.29 is 27.2 Å². The summed E-state index contributed by atoms with van der Waals surface area (Å²) in [6.45, 7) is 1.74. The second-order valence-electron chi connectivity index (χ2n) is 8.70. The minimum absolute atomic E-state index is 0.00550. The molecular formula is C25H23F3N4O3. The monoisotopic (exact) mass is 484 g/mol. The van der Waals surface area contributed by atoms with Crippen LogP contribution in [-0.4, -0.2) is 35.7 Å². The van der Waals surface area contributed by atoms with E-state index in [4.69, 9.17) is 14.5 Å². The molecule has 1 aliphatic heterocycles. The summed E-state index contributed by atoms with van der Waals surface area (Å²) in [5.74, 6) is 0.584. The summed E-state index contributed by atoms with van der Waals surface area (Å²) in [7, 11) is 0. The number of nitriles is 1. The Kier molecular flexibility index (Phi) is 6.34. The SMILES string of the molecule is N#Cc1ccc(N2CCC(OCc3c(-c4ccccc4OC(F)(F)F)noc3C3CC3)CC2)cn1. The van der Waals surface area contributed by atoms with Crippen LogP contribution >= 0.6 is 0 Å². The Balaban J connectivity index is 1.28. The molecule has 3 aromatic rings. The second-order valence-corrected chi connectivity index (χ2v) is 8.70. The van der Waals surface area contributed by atoms with Gasteiger partial charge in [0.05, 0.1) is 24.6 Å². The average Bonchev–Trinajstić information content (AvgIpc) is 3.62. The zero-order valence-corrected chi connectivity index (χ0v) is 18.8. The fourth-order valence-electron chi connectivity index (χ4n) is 4.34. The lowest BCUT2D eigenvalue weighted by Crippen LogP contribution is -2.37. The van der Waals surface area contributed by atoms with Crippen molar-refractivity contribution in [2.24, 2.45) is 0 Å². The first-order valence-electron chi connectivity index (χ1n) is 11.5. The maximum Gasteiger partial charge on any atom is 0.573 e. The van der Waals surface area contributed by atoms with Gasteiger partial charge in [0, 0.05) is 30.1 Å². The van der Waals surface area contributed by atoms with E-state index in [2.05, 4.69) is 19.8 Å². The molecular weight excluding hydrogens is 461 g/mol. The van der Waals surface area contributed by atoms with Crippen LogP contribution in [0, 0.1) is 11.3 Å². The van der Waals surface area contributed by atoms with E-state index in [9.17, 15) is 13.2 Å². The van der Waals surface area contributed by atoms with Gasteiger partial charge in [0.2, 0.25) is 0 Å². The lowest BCUT2D eigenvalue weighted by atomic mass is 10.0. The molecule has 0 amide bonds. The van der Waals surface area contributed by atoms with Crippen LogP contribution < -0.4 is 9.64 Å². The van der Waals surface area contributed by atoms with E-state index in [0.717, 1.165) is 44.5 Å². The molecule has 2 aromatic heterocycles. The molecule has 7 nitrogen and oxygen atoms in total. The summed E-state index contributed by atoms with van der Waals surface area (Å²) >= 11 is 0. The maximum absolute atomic E-state index is 13.0. The predicted molar refractivity (Wildman–Crippen MR) is 120 cm³/mol. The number of nitrogens with zero attached hydrogens (tertiary/aromatic N) is 4. The first kappa shape index (κ1) is 23.2. The van der Waals surface area contributed by atoms with Crippen molar-refractivity contribution in [2.75, 3.05) is 18.0 Å². The number of para-hydroxylation sites is 1. The fourth-order valence-corrected chi connectivity index (χ4v) is 4.34. The quantitative estimate of drug-likeness (QED) is 0.433. The zero-order chi connectivity index (χ0) is 24.4. The highest BCUT2D eigenvalue weighted by Gasteiger charge is 2.36. The van der Waals surface area contributed by atoms with Crippen molar-refractivity contribution in [3.8, 4) is 23.1 Å². The molecule has 1 saturated carbocycles. The Labute approximate surface area is 200 Å². The standard InChI is InChI=1S/C25H23F3N4O3/c26-25(27,28)34-22-4-2-1-3-20(22)23-21(24(35-31-23)16-5-6-16)15-33-19-9-11-32(12-10-19)18-8-7-17(13-29)30-14-18/h1-4,7-8,14,16,19H,5-6,9-12,15H2. The molecule has 0 radical (unpaired) electrons. The number of piperidine rings is 1. The number of hydrogen-bond donors (Lipinski definition) is 0. The molecule has 0 bridgehead atoms. The van der Waals surface area contributed by atoms with E-state index in [-0.39, 0.29) is 29.9 Å². The summed E-state index contributed by atoms with van der Waals surface area (Å²) in [5.41, 5.74) is 2.57. The van der Waals surface area contributed by atoms with Gasteiger partial charge >= 0.3 is 6.36 Å². The first-order valence-corrected chi connectivity index (χ1v) is 11.5. The van der Waals surface area contributed by atoms with Gasteiger partial charge in [-0.1, -0.05) is 17.3 Å². The molecule has 1 aromatic carbocycles. The summed E-state index contributed by atoms with van der Waals surface area (Å²) in [6, 6.07) is 11.5. The largest absolute Gasteiger partial charge is 0.573 e. The molecule has 1 aliphatic carbocycles. The van der Waals surface area contributed by atoms with Crippen molar-refractivity contribution in [1.82, 2.24) is 10.1 Å². The fraction of sp³-hybridized carbons (Fsp3) is 0.400. The highest BCUT2D eigenvalue weighted by Crippen LogP contribution is 2.45. The van der Waals surface area contributed by atoms with E-state index in [1.165, 1.54) is 12.1 Å². The van der Waals surface area contributed by atoms with Crippen molar-refractivity contribution in [2.45, 2.75) is 50.7 Å². The number of pyridine rings is 1. The molecule has 0 unspecified atom stereocenters. The third kappa shape index (κ3) is 5.41. The molecule has 3 heterocycles. The van der Waals surface area contributed by atoms with Gasteiger partial charge in [-0.2, -0.15) is 5.26 Å². The Morgan fingerprint density at radius 3 is 2.51 bits per heavy atom. The van der Waals surface area contributed by atoms with Gasteiger partial charge in [-0.3, -0.25) is 0 Å². The molecule has 5 rings (SSSR count). The summed E-state index contributed by atoms with van der Waals surface area (Å²) in [6.07, 6.45) is 0.368. The lowest BCUT2D eigenvalue weighted by Gasteiger charge is -2.33. The van der Waals surface area contributed by atoms with Crippen LogP contribution in [0.1, 0.15) is 48.6 Å². The topological polar surface area (TPSA) is 84.4 Å². The smallest absolute Gasteiger partial charge is 0.405 e. The summed E-state index contributed by atoms with van der Waals surface area (Å²) < 4.78 is 54.9. The van der Waals surface area contributed by atoms with Crippen LogP contribution in [0.3, 0.4) is 0 Å². The van der Waals surface area contributed by atoms with Gasteiger partial charge in [-0.25, -0.2) is 4.98 Å². The Morgan fingerprint density at radius 1 is 1.09 bits per heavy atom. The van der Waals surface area contributed by atoms with E-state index >= 15 is 0 Å². The predicted octanol–water partition coefficient (Wildman–Crippen LogP) is 5.57. The van der Waals surface area contributed by atoms with Gasteiger partial charge < -0.3 is 18.9 Å². The van der Waals surface area contributed by atoms with Crippen LogP contribution in [-0.2, 0) is 11.3 Å². The molecule has 1 saturated heterocycles. The molecule has 0 atom stereocenters. The van der Waals surface area contributed by atoms with Crippen LogP contribution in [0.25, 0.3) is 11.3 Å². The second kappa shape index (κ2) is 9.58. The van der Waals surface area contributed by atoms with Crippen LogP contribution in [0.4, 0.5) is 18.9 Å². The Hall–Kier alpha value is -3.58. The minimum atomic E-state index is -4.81. The number of halogens is 3. The van der Waals surface area contributed by atoms with Gasteiger partial charge in [0.25, 0.3) is 0 Å². The number of benzene rings is 1.